The number of nitrogens with one attached hydrogen (secondary N) is 1. The van der Waals surface area contributed by atoms with Gasteiger partial charge in [0.1, 0.15) is 5.82 Å². The van der Waals surface area contributed by atoms with Crippen molar-refractivity contribution in [2.45, 2.75) is 18.9 Å². The Labute approximate surface area is 100 Å². The van der Waals surface area contributed by atoms with E-state index in [1.165, 1.54) is 5.56 Å². The molecule has 0 saturated heterocycles. The van der Waals surface area contributed by atoms with E-state index in [9.17, 15) is 0 Å². The highest BCUT2D eigenvalue weighted by Gasteiger charge is 2.10. The van der Waals surface area contributed by atoms with Gasteiger partial charge in [0, 0.05) is 31.9 Å². The summed E-state index contributed by atoms with van der Waals surface area (Å²) in [7, 11) is 4.06. The molecule has 0 spiro atoms. The van der Waals surface area contributed by atoms with Crippen molar-refractivity contribution in [2.75, 3.05) is 7.05 Å². The van der Waals surface area contributed by atoms with Crippen LogP contribution in [0.25, 0.3) is 0 Å². The lowest BCUT2D eigenvalue weighted by molar-refractivity contribution is 0.537. The largest absolute Gasteiger partial charge is 0.338 e. The highest BCUT2D eigenvalue weighted by atomic mass is 32.1. The monoisotopic (exact) mass is 235 g/mol. The SMILES string of the molecule is CNC(CCc1nccn1C)c1ccsc1. The van der Waals surface area contributed by atoms with Crippen molar-refractivity contribution in [1.29, 1.82) is 0 Å². The lowest BCUT2D eigenvalue weighted by Gasteiger charge is -2.14. The molecule has 0 amide bonds. The van der Waals surface area contributed by atoms with Crippen LogP contribution in [-0.4, -0.2) is 16.6 Å². The first-order chi connectivity index (χ1) is 7.81. The van der Waals surface area contributed by atoms with Crippen molar-refractivity contribution in [2.24, 2.45) is 7.05 Å². The number of nitrogens with zero attached hydrogens (tertiary/aromatic N) is 2. The van der Waals surface area contributed by atoms with E-state index < -0.39 is 0 Å². The molecule has 0 bridgehead atoms. The normalized spacial score (nSPS) is 12.9. The Bertz CT molecular complexity index is 419. The minimum Gasteiger partial charge on any atom is -0.338 e. The standard InChI is InChI=1S/C12H17N3S/c1-13-11(10-5-8-16-9-10)3-4-12-14-6-7-15(12)2/h5-9,11,13H,3-4H2,1-2H3. The summed E-state index contributed by atoms with van der Waals surface area (Å²) in [6.07, 6.45) is 5.94. The summed E-state index contributed by atoms with van der Waals surface area (Å²) >= 11 is 1.75. The number of hydrogen-bond acceptors (Lipinski definition) is 3. The predicted octanol–water partition coefficient (Wildman–Crippen LogP) is 2.37. The second kappa shape index (κ2) is 5.27. The molecule has 0 aliphatic rings. The van der Waals surface area contributed by atoms with Crippen molar-refractivity contribution in [1.82, 2.24) is 14.9 Å². The molecule has 2 aromatic heterocycles. The van der Waals surface area contributed by atoms with Crippen molar-refractivity contribution in [3.8, 4) is 0 Å². The van der Waals surface area contributed by atoms with Crippen molar-refractivity contribution in [3.05, 3.63) is 40.6 Å². The zero-order valence-corrected chi connectivity index (χ0v) is 10.5. The van der Waals surface area contributed by atoms with Gasteiger partial charge < -0.3 is 9.88 Å². The van der Waals surface area contributed by atoms with Gasteiger partial charge >= 0.3 is 0 Å². The Kier molecular flexibility index (Phi) is 3.74. The molecule has 4 heteroatoms. The summed E-state index contributed by atoms with van der Waals surface area (Å²) in [6, 6.07) is 2.62. The smallest absolute Gasteiger partial charge is 0.108 e. The maximum atomic E-state index is 4.34. The van der Waals surface area contributed by atoms with Gasteiger partial charge in [-0.3, -0.25) is 0 Å². The summed E-state index contributed by atoms with van der Waals surface area (Å²) in [5.74, 6) is 1.15. The summed E-state index contributed by atoms with van der Waals surface area (Å²) in [4.78, 5) is 4.34. The number of aryl methyl sites for hydroxylation is 2. The fourth-order valence-electron chi connectivity index (χ4n) is 1.86. The molecule has 2 aromatic rings. The van der Waals surface area contributed by atoms with E-state index in [1.54, 1.807) is 11.3 Å². The Morgan fingerprint density at radius 2 is 2.44 bits per heavy atom. The van der Waals surface area contributed by atoms with E-state index >= 15 is 0 Å². The van der Waals surface area contributed by atoms with E-state index in [1.807, 2.05) is 26.5 Å². The highest BCUT2D eigenvalue weighted by molar-refractivity contribution is 7.07. The van der Waals surface area contributed by atoms with Crippen molar-refractivity contribution >= 4 is 11.3 Å². The minimum absolute atomic E-state index is 0.433. The Morgan fingerprint density at radius 3 is 3.00 bits per heavy atom. The first-order valence-corrected chi connectivity index (χ1v) is 6.41. The molecule has 3 nitrogen and oxygen atoms in total. The molecule has 16 heavy (non-hydrogen) atoms. The topological polar surface area (TPSA) is 29.9 Å². The van der Waals surface area contributed by atoms with E-state index in [0.29, 0.717) is 6.04 Å². The van der Waals surface area contributed by atoms with Crippen LogP contribution in [0.3, 0.4) is 0 Å². The molecule has 0 radical (unpaired) electrons. The van der Waals surface area contributed by atoms with E-state index in [0.717, 1.165) is 18.7 Å². The molecule has 0 fully saturated rings. The molecule has 1 atom stereocenters. The van der Waals surface area contributed by atoms with E-state index in [4.69, 9.17) is 0 Å². The van der Waals surface area contributed by atoms with Crippen LogP contribution in [0.4, 0.5) is 0 Å². The predicted molar refractivity (Wildman–Crippen MR) is 67.6 cm³/mol. The molecule has 0 aliphatic heterocycles. The van der Waals surface area contributed by atoms with Gasteiger partial charge in [-0.2, -0.15) is 11.3 Å². The van der Waals surface area contributed by atoms with Gasteiger partial charge in [0.25, 0.3) is 0 Å². The molecular formula is C12H17N3S. The molecule has 2 heterocycles. The second-order valence-electron chi connectivity index (χ2n) is 3.89. The van der Waals surface area contributed by atoms with Crippen LogP contribution in [-0.2, 0) is 13.5 Å². The number of hydrogen-bond donors (Lipinski definition) is 1. The fourth-order valence-corrected chi connectivity index (χ4v) is 2.58. The van der Waals surface area contributed by atoms with Crippen molar-refractivity contribution < 1.29 is 0 Å². The van der Waals surface area contributed by atoms with Gasteiger partial charge in [0.05, 0.1) is 0 Å². The first-order valence-electron chi connectivity index (χ1n) is 5.47. The summed E-state index contributed by atoms with van der Waals surface area (Å²) < 4.78 is 2.08. The number of rotatable bonds is 5. The maximum Gasteiger partial charge on any atom is 0.108 e. The van der Waals surface area contributed by atoms with Crippen LogP contribution < -0.4 is 5.32 Å². The van der Waals surface area contributed by atoms with Gasteiger partial charge in [-0.15, -0.1) is 0 Å². The molecule has 2 rings (SSSR count). The lowest BCUT2D eigenvalue weighted by atomic mass is 10.1. The van der Waals surface area contributed by atoms with Gasteiger partial charge in [-0.25, -0.2) is 4.98 Å². The first kappa shape index (κ1) is 11.4. The van der Waals surface area contributed by atoms with E-state index in [-0.39, 0.29) is 0 Å². The van der Waals surface area contributed by atoms with E-state index in [2.05, 4.69) is 31.7 Å². The molecule has 0 aromatic carbocycles. The van der Waals surface area contributed by atoms with Crippen LogP contribution in [0.2, 0.25) is 0 Å². The zero-order chi connectivity index (χ0) is 11.4. The Morgan fingerprint density at radius 1 is 1.56 bits per heavy atom. The van der Waals surface area contributed by atoms with Crippen LogP contribution in [0, 0.1) is 0 Å². The molecular weight excluding hydrogens is 218 g/mol. The number of aromatic nitrogens is 2. The molecule has 0 saturated carbocycles. The van der Waals surface area contributed by atoms with Gasteiger partial charge in [0.2, 0.25) is 0 Å². The Balaban J connectivity index is 1.96. The van der Waals surface area contributed by atoms with Crippen LogP contribution in [0.15, 0.2) is 29.2 Å². The van der Waals surface area contributed by atoms with Crippen LogP contribution in [0.1, 0.15) is 23.9 Å². The third kappa shape index (κ3) is 2.51. The highest BCUT2D eigenvalue weighted by Crippen LogP contribution is 2.20. The van der Waals surface area contributed by atoms with Crippen LogP contribution >= 0.6 is 11.3 Å². The third-order valence-corrected chi connectivity index (χ3v) is 3.57. The summed E-state index contributed by atoms with van der Waals surface area (Å²) in [6.45, 7) is 0. The minimum atomic E-state index is 0.433. The fraction of sp³-hybridized carbons (Fsp3) is 0.417. The van der Waals surface area contributed by atoms with Gasteiger partial charge in [-0.05, 0) is 35.9 Å². The number of imidazole rings is 1. The molecule has 1 unspecified atom stereocenters. The quantitative estimate of drug-likeness (QED) is 0.862. The molecule has 0 aliphatic carbocycles. The lowest BCUT2D eigenvalue weighted by Crippen LogP contribution is -2.17. The van der Waals surface area contributed by atoms with Gasteiger partial charge in [-0.1, -0.05) is 0 Å². The van der Waals surface area contributed by atoms with Crippen molar-refractivity contribution in [3.63, 3.8) is 0 Å². The zero-order valence-electron chi connectivity index (χ0n) is 9.68. The summed E-state index contributed by atoms with van der Waals surface area (Å²) in [5.41, 5.74) is 1.38. The summed E-state index contributed by atoms with van der Waals surface area (Å²) in [5, 5.41) is 7.69. The Hall–Kier alpha value is -1.13. The second-order valence-corrected chi connectivity index (χ2v) is 4.67. The average Bonchev–Trinajstić information content (AvgIpc) is 2.92. The molecule has 1 N–H and O–H groups in total. The van der Waals surface area contributed by atoms with Gasteiger partial charge in [0.15, 0.2) is 0 Å². The average molecular weight is 235 g/mol. The van der Waals surface area contributed by atoms with Crippen LogP contribution in [0.5, 0.6) is 0 Å². The third-order valence-electron chi connectivity index (χ3n) is 2.87. The molecule has 86 valence electrons. The number of thiophene rings is 1. The maximum absolute atomic E-state index is 4.34.